The van der Waals surface area contributed by atoms with Crippen molar-refractivity contribution in [2.24, 2.45) is 28.2 Å². The molecule has 0 aliphatic rings. The van der Waals surface area contributed by atoms with Gasteiger partial charge in [-0.05, 0) is 51.8 Å². The van der Waals surface area contributed by atoms with Gasteiger partial charge in [0.15, 0.2) is 28.2 Å². The monoisotopic (exact) mass is 1690 g/mol. The van der Waals surface area contributed by atoms with Gasteiger partial charge < -0.3 is 0 Å². The number of benzene rings is 10. The molecule has 0 saturated carbocycles. The predicted octanol–water partition coefficient (Wildman–Crippen LogP) is 24.1. The molecule has 20 aromatic rings. The fourth-order valence-corrected chi connectivity index (χ4v) is 15.9. The highest BCUT2D eigenvalue weighted by atomic mass is 35.5. The Morgan fingerprint density at radius 2 is 0.479 bits per heavy atom. The van der Waals surface area contributed by atoms with Crippen LogP contribution in [0.5, 0.6) is 0 Å². The average Bonchev–Trinajstić information content (AvgIpc) is 1.64. The highest BCUT2D eigenvalue weighted by molar-refractivity contribution is 6.41. The minimum atomic E-state index is 0. The van der Waals surface area contributed by atoms with Gasteiger partial charge in [-0.3, -0.25) is 0 Å². The van der Waals surface area contributed by atoms with Gasteiger partial charge in [0, 0.05) is 90.4 Å². The molecular formula is C96H79Cl5N20. The van der Waals surface area contributed by atoms with Gasteiger partial charge in [-0.15, -0.1) is 51.0 Å². The topological polar surface area (TPSA) is 218 Å². The van der Waals surface area contributed by atoms with Crippen LogP contribution in [0.1, 0.15) is 36.6 Å². The molecular weight excluding hydrogens is 1610 g/mol. The third-order valence-electron chi connectivity index (χ3n) is 20.4. The molecule has 20 rings (SSSR count). The van der Waals surface area contributed by atoms with Gasteiger partial charge in [0.2, 0.25) is 0 Å². The van der Waals surface area contributed by atoms with E-state index in [0.717, 1.165) is 122 Å². The first kappa shape index (κ1) is 82.5. The molecule has 0 fully saturated rings. The Morgan fingerprint density at radius 3 is 0.793 bits per heavy atom. The third kappa shape index (κ3) is 16.7. The molecule has 0 unspecified atom stereocenters. The Labute approximate surface area is 723 Å². The summed E-state index contributed by atoms with van der Waals surface area (Å²) >= 11 is 33.7. The SMILES string of the molecule is C.CCn1nc(-c2ccccc2)c2c(Cl)c(-c3ccccc3)nnc21.Cc1ccc(-c2nn(C)c3nnc(-c4ccccc4)c(Cl)c23)cc1.Cc1cccc(-c2nn(C)c3nnc(-c4ccccc4)c(Cl)c23)c1.Cc1ccccc1-c1nn(C)c2nnc(-c3ccccc3)c(Cl)c12.Cc1ccccc1-c1nn(C)c2nnc(-c3ccccc3)c(Cl)c12. The molecule has 0 aliphatic carbocycles. The number of hydrogen-bond acceptors (Lipinski definition) is 15. The Morgan fingerprint density at radius 1 is 0.231 bits per heavy atom. The summed E-state index contributed by atoms with van der Waals surface area (Å²) in [6.07, 6.45) is 0. The highest BCUT2D eigenvalue weighted by Gasteiger charge is 2.27. The molecule has 20 nitrogen and oxygen atoms in total. The van der Waals surface area contributed by atoms with Crippen LogP contribution in [0, 0.1) is 27.7 Å². The molecule has 10 heterocycles. The van der Waals surface area contributed by atoms with Gasteiger partial charge in [0.25, 0.3) is 0 Å². The molecule has 0 aliphatic heterocycles. The number of nitrogens with zero attached hydrogens (tertiary/aromatic N) is 20. The smallest absolute Gasteiger partial charge is 0.182 e. The molecule has 10 aromatic carbocycles. The normalized spacial score (nSPS) is 11.0. The Kier molecular flexibility index (Phi) is 24.8. The molecule has 10 aromatic heterocycles. The van der Waals surface area contributed by atoms with Crippen LogP contribution in [0.15, 0.2) is 279 Å². The van der Waals surface area contributed by atoms with Crippen LogP contribution in [0.4, 0.5) is 0 Å². The van der Waals surface area contributed by atoms with Crippen molar-refractivity contribution < 1.29 is 0 Å². The van der Waals surface area contributed by atoms with Gasteiger partial charge in [0.1, 0.15) is 56.9 Å². The number of rotatable bonds is 11. The van der Waals surface area contributed by atoms with Crippen LogP contribution >= 0.6 is 58.0 Å². The number of fused-ring (bicyclic) bond motifs is 5. The average molecular weight is 1690 g/mol. The second kappa shape index (κ2) is 36.3. The quantitative estimate of drug-likeness (QED) is 0.118. The van der Waals surface area contributed by atoms with Crippen LogP contribution in [-0.2, 0) is 34.7 Å². The molecule has 25 heteroatoms. The molecule has 0 amide bonds. The zero-order valence-electron chi connectivity index (χ0n) is 66.6. The molecule has 0 bridgehead atoms. The minimum absolute atomic E-state index is 0. The van der Waals surface area contributed by atoms with E-state index in [1.807, 2.05) is 258 Å². The number of aryl methyl sites for hydroxylation is 9. The fraction of sp³-hybridized carbons (Fsp3) is 0.115. The number of halogens is 5. The standard InChI is InChI=1S/5C19H15ClN4.CH4/c2*1-12-8-6-7-11-14(12)18-15-16(20)17(13-9-4-3-5-10-13)21-22-19(15)24(2)23-18;1-12-7-6-10-14(11-12)17-15-16(20)18(13-8-4-3-5-9-13)21-22-19(15)24(2)23-17;1-12-8-10-14(11-9-12)17-15-16(20)18(13-6-4-3-5-7-13)21-22-19(15)24(2)23-17;1-2-24-19-15(17(23-24)13-9-5-3-6-10-13)16(20)18(21-22-19)14-11-7-4-8-12-14;/h4*3-11H,1-2H3;3-12H,2H2,1H3;1H4. The predicted molar refractivity (Wildman–Crippen MR) is 491 cm³/mol. The lowest BCUT2D eigenvalue weighted by Gasteiger charge is -2.06. The first-order chi connectivity index (χ1) is 58.4. The van der Waals surface area contributed by atoms with E-state index in [4.69, 9.17) is 63.1 Å². The summed E-state index contributed by atoms with van der Waals surface area (Å²) < 4.78 is 8.74. The van der Waals surface area contributed by atoms with Crippen molar-refractivity contribution in [3.8, 4) is 113 Å². The summed E-state index contributed by atoms with van der Waals surface area (Å²) in [6, 6.07) is 92.0. The van der Waals surface area contributed by atoms with Gasteiger partial charge in [-0.2, -0.15) is 25.5 Å². The van der Waals surface area contributed by atoms with Crippen molar-refractivity contribution in [3.05, 3.63) is 326 Å². The number of hydrogen-bond donors (Lipinski definition) is 0. The molecule has 0 atom stereocenters. The summed E-state index contributed by atoms with van der Waals surface area (Å²) in [5, 5.41) is 73.8. The fourth-order valence-electron chi connectivity index (χ4n) is 14.3. The Hall–Kier alpha value is -13.6. The van der Waals surface area contributed by atoms with Crippen molar-refractivity contribution in [2.75, 3.05) is 0 Å². The maximum atomic E-state index is 6.75. The summed E-state index contributed by atoms with van der Waals surface area (Å²) in [7, 11) is 7.43. The van der Waals surface area contributed by atoms with Crippen LogP contribution in [-0.4, -0.2) is 99.9 Å². The van der Waals surface area contributed by atoms with Crippen molar-refractivity contribution >= 4 is 113 Å². The molecule has 0 spiro atoms. The van der Waals surface area contributed by atoms with E-state index in [1.54, 1.807) is 18.7 Å². The van der Waals surface area contributed by atoms with Crippen molar-refractivity contribution in [1.29, 1.82) is 0 Å². The van der Waals surface area contributed by atoms with Crippen LogP contribution < -0.4 is 0 Å². The van der Waals surface area contributed by atoms with E-state index in [-0.39, 0.29) is 7.43 Å². The first-order valence-electron chi connectivity index (χ1n) is 38.5. The summed E-state index contributed by atoms with van der Waals surface area (Å²) in [5.41, 5.74) is 25.5. The zero-order chi connectivity index (χ0) is 83.2. The van der Waals surface area contributed by atoms with E-state index in [9.17, 15) is 0 Å². The zero-order valence-corrected chi connectivity index (χ0v) is 70.4. The number of aromatic nitrogens is 20. The maximum absolute atomic E-state index is 6.75. The maximum Gasteiger partial charge on any atom is 0.182 e. The lowest BCUT2D eigenvalue weighted by Crippen LogP contribution is -1.99. The van der Waals surface area contributed by atoms with E-state index in [0.29, 0.717) is 88.4 Å². The summed E-state index contributed by atoms with van der Waals surface area (Å²) in [5.74, 6) is 0. The summed E-state index contributed by atoms with van der Waals surface area (Å²) in [6.45, 7) is 11.0. The molecule has 598 valence electrons. The second-order valence-electron chi connectivity index (χ2n) is 28.4. The van der Waals surface area contributed by atoms with E-state index >= 15 is 0 Å². The molecule has 0 radical (unpaired) electrons. The van der Waals surface area contributed by atoms with Gasteiger partial charge in [-0.1, -0.05) is 350 Å². The second-order valence-corrected chi connectivity index (χ2v) is 30.3. The minimum Gasteiger partial charge on any atom is -0.248 e. The van der Waals surface area contributed by atoms with Gasteiger partial charge >= 0.3 is 0 Å². The van der Waals surface area contributed by atoms with Crippen molar-refractivity contribution in [1.82, 2.24) is 99.9 Å². The lowest BCUT2D eigenvalue weighted by molar-refractivity contribution is 0.675. The lowest BCUT2D eigenvalue weighted by atomic mass is 10.0. The van der Waals surface area contributed by atoms with Crippen molar-refractivity contribution in [3.63, 3.8) is 0 Å². The summed E-state index contributed by atoms with van der Waals surface area (Å²) in [4.78, 5) is 0. The molecule has 0 N–H and O–H groups in total. The largest absolute Gasteiger partial charge is 0.248 e. The molecule has 0 saturated heterocycles. The Bertz CT molecular complexity index is 6860. The van der Waals surface area contributed by atoms with E-state index in [2.05, 4.69) is 160 Å². The highest BCUT2D eigenvalue weighted by Crippen LogP contribution is 2.44. The molecule has 121 heavy (non-hydrogen) atoms. The van der Waals surface area contributed by atoms with Gasteiger partial charge in [0.05, 0.1) is 52.0 Å². The van der Waals surface area contributed by atoms with Crippen LogP contribution in [0.25, 0.3) is 168 Å². The van der Waals surface area contributed by atoms with Gasteiger partial charge in [-0.25, -0.2) is 23.4 Å². The van der Waals surface area contributed by atoms with Crippen molar-refractivity contribution in [2.45, 2.75) is 48.6 Å². The van der Waals surface area contributed by atoms with Crippen LogP contribution in [0.3, 0.4) is 0 Å². The first-order valence-corrected chi connectivity index (χ1v) is 40.4. The van der Waals surface area contributed by atoms with E-state index < -0.39 is 0 Å². The van der Waals surface area contributed by atoms with Crippen LogP contribution in [0.2, 0.25) is 25.1 Å². The van der Waals surface area contributed by atoms with E-state index in [1.165, 1.54) is 11.1 Å². The Balaban J connectivity index is 0.000000117. The third-order valence-corrected chi connectivity index (χ3v) is 22.2.